The summed E-state index contributed by atoms with van der Waals surface area (Å²) in [6, 6.07) is 19.3. The van der Waals surface area contributed by atoms with Gasteiger partial charge in [0.2, 0.25) is 0 Å². The fraction of sp³-hybridized carbons (Fsp3) is 0.436. The second-order valence-corrected chi connectivity index (χ2v) is 15.2. The lowest BCUT2D eigenvalue weighted by atomic mass is 9.96. The van der Waals surface area contributed by atoms with Crippen LogP contribution in [0.2, 0.25) is 0 Å². The zero-order chi connectivity index (χ0) is 33.8. The van der Waals surface area contributed by atoms with Gasteiger partial charge in [0.1, 0.15) is 17.0 Å². The van der Waals surface area contributed by atoms with Gasteiger partial charge in [-0.2, -0.15) is 0 Å². The molecule has 7 rings (SSSR count). The summed E-state index contributed by atoms with van der Waals surface area (Å²) in [6.45, 7) is 12.7. The molecule has 0 aliphatic carbocycles. The molecule has 3 aliphatic heterocycles. The smallest absolute Gasteiger partial charge is 0.410 e. The van der Waals surface area contributed by atoms with Crippen LogP contribution in [0.5, 0.6) is 0 Å². The van der Waals surface area contributed by atoms with Crippen molar-refractivity contribution in [2.24, 2.45) is 4.99 Å². The second-order valence-electron chi connectivity index (χ2n) is 15.2. The molecule has 1 aromatic heterocycles. The number of hydrogen-bond donors (Lipinski definition) is 1. The Hall–Kier alpha value is -4.66. The topological polar surface area (TPSA) is 100 Å². The number of rotatable bonds is 4. The summed E-state index contributed by atoms with van der Waals surface area (Å²) >= 11 is 0. The first-order valence-corrected chi connectivity index (χ1v) is 17.1. The van der Waals surface area contributed by atoms with Crippen LogP contribution >= 0.6 is 0 Å². The fourth-order valence-corrected chi connectivity index (χ4v) is 7.09. The van der Waals surface area contributed by atoms with Crippen molar-refractivity contribution in [2.75, 3.05) is 13.1 Å². The summed E-state index contributed by atoms with van der Waals surface area (Å²) in [5.41, 5.74) is 6.43. The van der Waals surface area contributed by atoms with Crippen molar-refractivity contribution in [1.29, 1.82) is 0 Å². The molecule has 4 heterocycles. The van der Waals surface area contributed by atoms with E-state index >= 15 is 0 Å². The van der Waals surface area contributed by atoms with Gasteiger partial charge in [0, 0.05) is 30.8 Å². The number of H-pyrrole nitrogens is 1. The van der Waals surface area contributed by atoms with Gasteiger partial charge >= 0.3 is 12.2 Å². The summed E-state index contributed by atoms with van der Waals surface area (Å²) in [6.07, 6.45) is 5.70. The number of hydrogen-bond acceptors (Lipinski definition) is 6. The lowest BCUT2D eigenvalue weighted by molar-refractivity contribution is 0.0216. The molecule has 2 atom stereocenters. The molecular weight excluding hydrogens is 602 g/mol. The van der Waals surface area contributed by atoms with Gasteiger partial charge in [-0.05, 0) is 119 Å². The Morgan fingerprint density at radius 3 is 1.98 bits per heavy atom. The number of ether oxygens (including phenoxy) is 2. The Balaban J connectivity index is 1.05. The van der Waals surface area contributed by atoms with Crippen LogP contribution < -0.4 is 0 Å². The molecule has 0 radical (unpaired) electrons. The molecule has 1 unspecified atom stereocenters. The van der Waals surface area contributed by atoms with Crippen LogP contribution in [0.15, 0.2) is 65.8 Å². The van der Waals surface area contributed by atoms with E-state index in [0.29, 0.717) is 13.1 Å². The van der Waals surface area contributed by atoms with Gasteiger partial charge in [0.05, 0.1) is 29.7 Å². The van der Waals surface area contributed by atoms with Gasteiger partial charge in [-0.15, -0.1) is 0 Å². The second kappa shape index (κ2) is 12.1. The molecular formula is C39H45N5O4. The molecule has 48 heavy (non-hydrogen) atoms. The Kier molecular flexibility index (Phi) is 8.04. The van der Waals surface area contributed by atoms with Gasteiger partial charge in [0.25, 0.3) is 0 Å². The maximum absolute atomic E-state index is 12.9. The molecule has 0 spiro atoms. The van der Waals surface area contributed by atoms with E-state index in [1.165, 1.54) is 5.56 Å². The van der Waals surface area contributed by atoms with Crippen LogP contribution in [-0.4, -0.2) is 68.0 Å². The number of fused-ring (bicyclic) bond motifs is 2. The van der Waals surface area contributed by atoms with Crippen molar-refractivity contribution >= 4 is 34.4 Å². The summed E-state index contributed by atoms with van der Waals surface area (Å²) in [4.78, 5) is 42.5. The molecule has 2 saturated heterocycles. The first-order valence-electron chi connectivity index (χ1n) is 17.1. The lowest BCUT2D eigenvalue weighted by Crippen LogP contribution is -2.43. The van der Waals surface area contributed by atoms with Gasteiger partial charge in [-0.25, -0.2) is 14.6 Å². The third-order valence-corrected chi connectivity index (χ3v) is 9.26. The Labute approximate surface area is 282 Å². The van der Waals surface area contributed by atoms with Crippen molar-refractivity contribution in [3.8, 4) is 22.4 Å². The normalized spacial score (nSPS) is 19.5. The van der Waals surface area contributed by atoms with Crippen molar-refractivity contribution in [2.45, 2.75) is 96.9 Å². The third-order valence-electron chi connectivity index (χ3n) is 9.26. The van der Waals surface area contributed by atoms with Crippen LogP contribution in [0.1, 0.15) is 84.7 Å². The molecule has 250 valence electrons. The summed E-state index contributed by atoms with van der Waals surface area (Å²) < 4.78 is 11.3. The van der Waals surface area contributed by atoms with Crippen molar-refractivity contribution < 1.29 is 19.1 Å². The molecule has 9 heteroatoms. The minimum atomic E-state index is -0.538. The average Bonchev–Trinajstić information content (AvgIpc) is 3.84. The van der Waals surface area contributed by atoms with E-state index in [1.807, 2.05) is 52.6 Å². The van der Waals surface area contributed by atoms with Gasteiger partial charge in [-0.3, -0.25) is 14.8 Å². The lowest BCUT2D eigenvalue weighted by Gasteiger charge is -2.28. The number of carbonyl (C=O) groups excluding carboxylic acids is 2. The van der Waals surface area contributed by atoms with E-state index in [9.17, 15) is 9.59 Å². The summed E-state index contributed by atoms with van der Waals surface area (Å²) in [5, 5.41) is 2.29. The van der Waals surface area contributed by atoms with E-state index in [-0.39, 0.29) is 24.3 Å². The fourth-order valence-electron chi connectivity index (χ4n) is 7.09. The van der Waals surface area contributed by atoms with E-state index in [2.05, 4.69) is 64.6 Å². The first kappa shape index (κ1) is 31.9. The molecule has 4 aromatic rings. The SMILES string of the molecule is CC(C)(C)OC(=O)N1CCCC1c1ncc(-c2ccc3cc(-c4ccc5c(c4)CC([C@@H]4CCCN4C(=O)OC(C)(C)C)=N5)ccc3c2)[nH]1. The number of aromatic amines is 1. The molecule has 3 aliphatic rings. The predicted octanol–water partition coefficient (Wildman–Crippen LogP) is 9.00. The number of likely N-dealkylation sites (tertiary alicyclic amines) is 2. The monoisotopic (exact) mass is 647 g/mol. The van der Waals surface area contributed by atoms with Crippen molar-refractivity contribution in [1.82, 2.24) is 19.8 Å². The zero-order valence-corrected chi connectivity index (χ0v) is 28.8. The average molecular weight is 648 g/mol. The van der Waals surface area contributed by atoms with Crippen LogP contribution in [0.4, 0.5) is 15.3 Å². The first-order chi connectivity index (χ1) is 22.8. The van der Waals surface area contributed by atoms with Crippen molar-refractivity contribution in [3.63, 3.8) is 0 Å². The number of nitrogens with one attached hydrogen (secondary N) is 1. The number of nitrogens with zero attached hydrogens (tertiary/aromatic N) is 4. The zero-order valence-electron chi connectivity index (χ0n) is 28.8. The minimum Gasteiger partial charge on any atom is -0.444 e. The summed E-state index contributed by atoms with van der Waals surface area (Å²) in [5.74, 6) is 0.790. The number of imidazole rings is 1. The number of amides is 2. The van der Waals surface area contributed by atoms with E-state index in [1.54, 1.807) is 4.90 Å². The van der Waals surface area contributed by atoms with Gasteiger partial charge < -0.3 is 14.5 Å². The highest BCUT2D eigenvalue weighted by Crippen LogP contribution is 2.37. The maximum atomic E-state index is 12.9. The molecule has 3 aromatic carbocycles. The van der Waals surface area contributed by atoms with Crippen LogP contribution in [0.3, 0.4) is 0 Å². The molecule has 1 N–H and O–H groups in total. The quantitative estimate of drug-likeness (QED) is 0.238. The highest BCUT2D eigenvalue weighted by atomic mass is 16.6. The summed E-state index contributed by atoms with van der Waals surface area (Å²) in [7, 11) is 0. The molecule has 2 amide bonds. The Morgan fingerprint density at radius 1 is 0.750 bits per heavy atom. The largest absolute Gasteiger partial charge is 0.444 e. The van der Waals surface area contributed by atoms with E-state index < -0.39 is 11.2 Å². The van der Waals surface area contributed by atoms with Crippen LogP contribution in [0, 0.1) is 0 Å². The predicted molar refractivity (Wildman–Crippen MR) is 189 cm³/mol. The number of aliphatic imine (C=N–C) groups is 1. The van der Waals surface area contributed by atoms with Crippen LogP contribution in [0.25, 0.3) is 33.2 Å². The van der Waals surface area contributed by atoms with Gasteiger partial charge in [0.15, 0.2) is 0 Å². The molecule has 2 fully saturated rings. The van der Waals surface area contributed by atoms with Crippen LogP contribution in [-0.2, 0) is 15.9 Å². The molecule has 0 bridgehead atoms. The van der Waals surface area contributed by atoms with E-state index in [4.69, 9.17) is 14.5 Å². The highest BCUT2D eigenvalue weighted by molar-refractivity contribution is 6.00. The van der Waals surface area contributed by atoms with E-state index in [0.717, 1.165) is 82.5 Å². The molecule has 0 saturated carbocycles. The Bertz CT molecular complexity index is 1910. The maximum Gasteiger partial charge on any atom is 0.410 e. The van der Waals surface area contributed by atoms with Crippen molar-refractivity contribution in [3.05, 3.63) is 72.2 Å². The van der Waals surface area contributed by atoms with Gasteiger partial charge in [-0.1, -0.05) is 30.3 Å². The standard InChI is InChI=1S/C39H45N5O4/c1-38(2,3)47-36(45)43-17-7-9-33(43)31-22-29-21-27(15-16-30(29)41-31)24-11-12-26-20-28(14-13-25(26)19-24)32-23-40-35(42-32)34-10-8-18-44(34)37(46)48-39(4,5)6/h11-16,19-21,23,33-34H,7-10,17-18,22H2,1-6H3,(H,40,42)/t33-,34?/m0/s1. The molecule has 9 nitrogen and oxygen atoms in total. The Morgan fingerprint density at radius 2 is 1.31 bits per heavy atom. The number of benzene rings is 3. The minimum absolute atomic E-state index is 0.0152. The number of aromatic nitrogens is 2. The number of carbonyl (C=O) groups is 2. The highest BCUT2D eigenvalue weighted by Gasteiger charge is 2.37. The third kappa shape index (κ3) is 6.55.